The van der Waals surface area contributed by atoms with Crippen LogP contribution in [-0.2, 0) is 5.75 Å². The van der Waals surface area contributed by atoms with Gasteiger partial charge in [-0.3, -0.25) is 4.79 Å². The summed E-state index contributed by atoms with van der Waals surface area (Å²) in [5.41, 5.74) is 7.13. The number of halogens is 1. The second-order valence-corrected chi connectivity index (χ2v) is 6.62. The summed E-state index contributed by atoms with van der Waals surface area (Å²) in [5, 5.41) is 0. The first-order chi connectivity index (χ1) is 10.0. The molecule has 1 heterocycles. The Morgan fingerprint density at radius 3 is 3.00 bits per heavy atom. The topological polar surface area (TPSA) is 46.3 Å². The summed E-state index contributed by atoms with van der Waals surface area (Å²) in [6, 6.07) is 4.76. The number of thioether (sulfide) groups is 1. The van der Waals surface area contributed by atoms with Crippen LogP contribution in [0, 0.1) is 11.7 Å². The van der Waals surface area contributed by atoms with Gasteiger partial charge in [0.05, 0.1) is 0 Å². The number of piperidine rings is 1. The first kappa shape index (κ1) is 16.3. The average Bonchev–Trinajstić information content (AvgIpc) is 2.49. The van der Waals surface area contributed by atoms with Gasteiger partial charge < -0.3 is 10.6 Å². The third-order valence-electron chi connectivity index (χ3n) is 4.08. The van der Waals surface area contributed by atoms with Gasteiger partial charge in [0.25, 0.3) is 5.91 Å². The predicted octanol–water partition coefficient (Wildman–Crippen LogP) is 2.89. The molecular weight excluding hydrogens is 287 g/mol. The minimum Gasteiger partial charge on any atom is -0.338 e. The Balaban J connectivity index is 2.14. The lowest BCUT2D eigenvalue weighted by molar-refractivity contribution is 0.0661. The molecule has 3 nitrogen and oxygen atoms in total. The molecule has 1 saturated heterocycles. The fraction of sp³-hybridized carbons (Fsp3) is 0.562. The van der Waals surface area contributed by atoms with Crippen LogP contribution in [0.2, 0.25) is 0 Å². The van der Waals surface area contributed by atoms with Crippen molar-refractivity contribution in [2.75, 3.05) is 19.3 Å². The van der Waals surface area contributed by atoms with E-state index in [1.807, 2.05) is 18.1 Å². The summed E-state index contributed by atoms with van der Waals surface area (Å²) in [7, 11) is 0. The Hall–Kier alpha value is -1.07. The van der Waals surface area contributed by atoms with Crippen LogP contribution in [0.4, 0.5) is 4.39 Å². The van der Waals surface area contributed by atoms with Gasteiger partial charge in [0.2, 0.25) is 0 Å². The van der Waals surface area contributed by atoms with E-state index in [2.05, 4.69) is 0 Å². The number of rotatable bonds is 4. The fourth-order valence-electron chi connectivity index (χ4n) is 2.78. The summed E-state index contributed by atoms with van der Waals surface area (Å²) >= 11 is 1.55. The second kappa shape index (κ2) is 7.27. The van der Waals surface area contributed by atoms with Crippen molar-refractivity contribution in [3.63, 3.8) is 0 Å². The van der Waals surface area contributed by atoms with Gasteiger partial charge in [0, 0.05) is 30.4 Å². The quantitative estimate of drug-likeness (QED) is 0.930. The van der Waals surface area contributed by atoms with Crippen LogP contribution in [0.3, 0.4) is 0 Å². The van der Waals surface area contributed by atoms with Crippen molar-refractivity contribution in [3.05, 3.63) is 35.1 Å². The molecule has 116 valence electrons. The number of carbonyl (C=O) groups excluding carboxylic acids is 1. The maximum atomic E-state index is 13.7. The molecule has 0 radical (unpaired) electrons. The van der Waals surface area contributed by atoms with Crippen molar-refractivity contribution < 1.29 is 9.18 Å². The molecule has 0 aromatic heterocycles. The largest absolute Gasteiger partial charge is 0.338 e. The number of hydrogen-bond acceptors (Lipinski definition) is 3. The van der Waals surface area contributed by atoms with Crippen molar-refractivity contribution >= 4 is 17.7 Å². The highest BCUT2D eigenvalue weighted by Crippen LogP contribution is 2.22. The zero-order valence-corrected chi connectivity index (χ0v) is 13.5. The van der Waals surface area contributed by atoms with Gasteiger partial charge in [0.15, 0.2) is 0 Å². The normalized spacial score (nSPS) is 20.4. The summed E-state index contributed by atoms with van der Waals surface area (Å²) in [6.45, 7) is 3.45. The van der Waals surface area contributed by atoms with Gasteiger partial charge in [-0.15, -0.1) is 0 Å². The van der Waals surface area contributed by atoms with E-state index in [0.717, 1.165) is 19.4 Å². The van der Waals surface area contributed by atoms with Crippen LogP contribution < -0.4 is 5.73 Å². The molecule has 1 amide bonds. The Labute approximate surface area is 130 Å². The van der Waals surface area contributed by atoms with Crippen molar-refractivity contribution in [1.29, 1.82) is 0 Å². The van der Waals surface area contributed by atoms with Gasteiger partial charge in [-0.25, -0.2) is 4.39 Å². The van der Waals surface area contributed by atoms with E-state index >= 15 is 0 Å². The molecule has 1 aliphatic rings. The standard InChI is InChI=1S/C16H23FN2OS/c1-11(18)13-4-3-7-19(9-13)16(20)12-5-6-15(17)14(8-12)10-21-2/h5-6,8,11,13H,3-4,7,9-10,18H2,1-2H3/t11-,13-/m1/s1. The summed E-state index contributed by atoms with van der Waals surface area (Å²) in [6.07, 6.45) is 3.98. The molecule has 2 N–H and O–H groups in total. The Morgan fingerprint density at radius 2 is 2.33 bits per heavy atom. The molecular formula is C16H23FN2OS. The van der Waals surface area contributed by atoms with Crippen LogP contribution in [0.1, 0.15) is 35.7 Å². The monoisotopic (exact) mass is 310 g/mol. The molecule has 2 atom stereocenters. The van der Waals surface area contributed by atoms with Gasteiger partial charge in [0.1, 0.15) is 5.82 Å². The zero-order chi connectivity index (χ0) is 15.4. The number of nitrogens with zero attached hydrogens (tertiary/aromatic N) is 1. The first-order valence-electron chi connectivity index (χ1n) is 7.35. The van der Waals surface area contributed by atoms with Gasteiger partial charge in [-0.05, 0) is 55.7 Å². The minimum absolute atomic E-state index is 0.0114. The molecule has 0 bridgehead atoms. The van der Waals surface area contributed by atoms with Crippen molar-refractivity contribution in [3.8, 4) is 0 Å². The van der Waals surface area contributed by atoms with Gasteiger partial charge in [-0.2, -0.15) is 11.8 Å². The Kier molecular flexibility index (Phi) is 5.65. The van der Waals surface area contributed by atoms with Crippen LogP contribution in [0.5, 0.6) is 0 Å². The van der Waals surface area contributed by atoms with Crippen molar-refractivity contribution in [2.24, 2.45) is 11.7 Å². The van der Waals surface area contributed by atoms with E-state index in [-0.39, 0.29) is 17.8 Å². The highest BCUT2D eigenvalue weighted by Gasteiger charge is 2.26. The van der Waals surface area contributed by atoms with E-state index in [1.165, 1.54) is 6.07 Å². The molecule has 5 heteroatoms. The van der Waals surface area contributed by atoms with E-state index in [4.69, 9.17) is 5.73 Å². The molecule has 1 fully saturated rings. The lowest BCUT2D eigenvalue weighted by Gasteiger charge is -2.34. The van der Waals surface area contributed by atoms with Crippen molar-refractivity contribution in [2.45, 2.75) is 31.6 Å². The van der Waals surface area contributed by atoms with Crippen LogP contribution in [0.25, 0.3) is 0 Å². The Morgan fingerprint density at radius 1 is 1.57 bits per heavy atom. The molecule has 0 saturated carbocycles. The first-order valence-corrected chi connectivity index (χ1v) is 8.74. The number of nitrogens with two attached hydrogens (primary N) is 1. The van der Waals surface area contributed by atoms with Crippen LogP contribution in [0.15, 0.2) is 18.2 Å². The predicted molar refractivity (Wildman–Crippen MR) is 85.9 cm³/mol. The summed E-state index contributed by atoms with van der Waals surface area (Å²) in [4.78, 5) is 14.4. The average molecular weight is 310 g/mol. The van der Waals surface area contributed by atoms with Crippen molar-refractivity contribution in [1.82, 2.24) is 4.90 Å². The summed E-state index contributed by atoms with van der Waals surface area (Å²) < 4.78 is 13.7. The Bertz CT molecular complexity index is 507. The third-order valence-corrected chi connectivity index (χ3v) is 4.68. The third kappa shape index (κ3) is 3.98. The number of benzene rings is 1. The van der Waals surface area contributed by atoms with E-state index in [9.17, 15) is 9.18 Å². The van der Waals surface area contributed by atoms with Crippen LogP contribution >= 0.6 is 11.8 Å². The van der Waals surface area contributed by atoms with E-state index in [0.29, 0.717) is 29.3 Å². The fourth-order valence-corrected chi connectivity index (χ4v) is 3.31. The number of likely N-dealkylation sites (tertiary alicyclic amines) is 1. The van der Waals surface area contributed by atoms with Crippen LogP contribution in [-0.4, -0.2) is 36.2 Å². The molecule has 0 aliphatic carbocycles. The molecule has 0 spiro atoms. The smallest absolute Gasteiger partial charge is 0.253 e. The molecule has 1 aromatic carbocycles. The number of hydrogen-bond donors (Lipinski definition) is 1. The maximum absolute atomic E-state index is 13.7. The molecule has 0 unspecified atom stereocenters. The SMILES string of the molecule is CSCc1cc(C(=O)N2CCC[C@@H]([C@@H](C)N)C2)ccc1F. The lowest BCUT2D eigenvalue weighted by Crippen LogP contribution is -2.45. The van der Waals surface area contributed by atoms with E-state index < -0.39 is 0 Å². The highest BCUT2D eigenvalue weighted by atomic mass is 32.2. The molecule has 21 heavy (non-hydrogen) atoms. The molecule has 2 rings (SSSR count). The second-order valence-electron chi connectivity index (χ2n) is 5.75. The molecule has 1 aromatic rings. The van der Waals surface area contributed by atoms with Gasteiger partial charge in [-0.1, -0.05) is 0 Å². The molecule has 1 aliphatic heterocycles. The number of amides is 1. The highest BCUT2D eigenvalue weighted by molar-refractivity contribution is 7.97. The summed E-state index contributed by atoms with van der Waals surface area (Å²) in [5.74, 6) is 0.680. The van der Waals surface area contributed by atoms with Gasteiger partial charge >= 0.3 is 0 Å². The maximum Gasteiger partial charge on any atom is 0.253 e. The van der Waals surface area contributed by atoms with E-state index in [1.54, 1.807) is 23.9 Å². The lowest BCUT2D eigenvalue weighted by atomic mass is 9.92. The number of carbonyl (C=O) groups is 1. The zero-order valence-electron chi connectivity index (χ0n) is 12.6. The minimum atomic E-state index is -0.243.